The number of hydrogen-bond acceptors (Lipinski definition) is 2. The van der Waals surface area contributed by atoms with Crippen molar-refractivity contribution in [2.45, 2.75) is 130 Å². The van der Waals surface area contributed by atoms with Crippen molar-refractivity contribution in [3.63, 3.8) is 0 Å². The van der Waals surface area contributed by atoms with Crippen LogP contribution in [0.15, 0.2) is 0 Å². The lowest BCUT2D eigenvalue weighted by Crippen LogP contribution is -2.44. The molecule has 0 bridgehead atoms. The van der Waals surface area contributed by atoms with Crippen LogP contribution in [0.1, 0.15) is 119 Å². The van der Waals surface area contributed by atoms with E-state index >= 15 is 0 Å². The van der Waals surface area contributed by atoms with E-state index in [1.165, 1.54) is 70.6 Å². The van der Waals surface area contributed by atoms with Gasteiger partial charge in [-0.2, -0.15) is 0 Å². The molecular weight excluding hydrogens is 294 g/mol. The van der Waals surface area contributed by atoms with Crippen LogP contribution in [0.25, 0.3) is 0 Å². The predicted molar refractivity (Wildman–Crippen MR) is 109 cm³/mol. The number of unbranched alkanes of at least 4 members (excludes halogenated alkanes) is 7. The Hall–Kier alpha value is -0.0800. The van der Waals surface area contributed by atoms with Crippen molar-refractivity contribution >= 4 is 0 Å². The van der Waals surface area contributed by atoms with Crippen LogP contribution in [0.4, 0.5) is 0 Å². The van der Waals surface area contributed by atoms with Gasteiger partial charge < -0.3 is 10.1 Å². The van der Waals surface area contributed by atoms with Gasteiger partial charge in [0, 0.05) is 12.1 Å². The maximum Gasteiger partial charge on any atom is 0.0638 e. The molecule has 0 aromatic carbocycles. The SMILES string of the molecule is CCCCCCCC(C)(CCCCCC)NCCC(C)(C)OCC. The number of ether oxygens (including phenoxy) is 1. The second-order valence-electron chi connectivity index (χ2n) is 8.41. The normalized spacial score (nSPS) is 14.8. The van der Waals surface area contributed by atoms with Gasteiger partial charge in [-0.25, -0.2) is 0 Å². The fraction of sp³-hybridized carbons (Fsp3) is 1.00. The smallest absolute Gasteiger partial charge is 0.0638 e. The minimum atomic E-state index is -0.00794. The Morgan fingerprint density at radius 2 is 1.17 bits per heavy atom. The van der Waals surface area contributed by atoms with Crippen molar-refractivity contribution in [1.82, 2.24) is 5.32 Å². The van der Waals surface area contributed by atoms with E-state index in [0.29, 0.717) is 5.54 Å². The summed E-state index contributed by atoms with van der Waals surface area (Å²) < 4.78 is 5.84. The van der Waals surface area contributed by atoms with E-state index in [2.05, 4.69) is 46.9 Å². The van der Waals surface area contributed by atoms with Crippen LogP contribution in [0, 0.1) is 0 Å². The van der Waals surface area contributed by atoms with Crippen molar-refractivity contribution in [2.24, 2.45) is 0 Å². The van der Waals surface area contributed by atoms with Crippen LogP contribution in [-0.4, -0.2) is 24.3 Å². The highest BCUT2D eigenvalue weighted by molar-refractivity contribution is 4.84. The molecular formula is C22H47NO. The highest BCUT2D eigenvalue weighted by Gasteiger charge is 2.24. The fourth-order valence-corrected chi connectivity index (χ4v) is 3.49. The molecule has 0 aliphatic rings. The predicted octanol–water partition coefficient (Wildman–Crippen LogP) is 6.87. The minimum Gasteiger partial charge on any atom is -0.376 e. The Bertz CT molecular complexity index is 277. The fourth-order valence-electron chi connectivity index (χ4n) is 3.49. The molecule has 0 heterocycles. The minimum absolute atomic E-state index is 0.00794. The first-order chi connectivity index (χ1) is 11.4. The second kappa shape index (κ2) is 14.1. The quantitative estimate of drug-likeness (QED) is 0.291. The third-order valence-electron chi connectivity index (χ3n) is 5.23. The molecule has 0 aliphatic carbocycles. The number of nitrogens with one attached hydrogen (secondary N) is 1. The molecule has 1 atom stereocenters. The van der Waals surface area contributed by atoms with Crippen LogP contribution in [0.3, 0.4) is 0 Å². The summed E-state index contributed by atoms with van der Waals surface area (Å²) in [5.41, 5.74) is 0.300. The Labute approximate surface area is 153 Å². The Kier molecular flexibility index (Phi) is 14.1. The molecule has 0 amide bonds. The maximum atomic E-state index is 5.84. The average Bonchev–Trinajstić information content (AvgIpc) is 2.51. The summed E-state index contributed by atoms with van der Waals surface area (Å²) in [4.78, 5) is 0. The third-order valence-corrected chi connectivity index (χ3v) is 5.23. The van der Waals surface area contributed by atoms with E-state index in [4.69, 9.17) is 4.74 Å². The van der Waals surface area contributed by atoms with Crippen LogP contribution < -0.4 is 5.32 Å². The Morgan fingerprint density at radius 3 is 1.67 bits per heavy atom. The molecule has 24 heavy (non-hydrogen) atoms. The lowest BCUT2D eigenvalue weighted by molar-refractivity contribution is -0.0169. The summed E-state index contributed by atoms with van der Waals surface area (Å²) in [6.45, 7) is 15.4. The van der Waals surface area contributed by atoms with Crippen LogP contribution >= 0.6 is 0 Å². The Morgan fingerprint density at radius 1 is 0.667 bits per heavy atom. The molecule has 0 aliphatic heterocycles. The lowest BCUT2D eigenvalue weighted by atomic mass is 9.87. The molecule has 0 fully saturated rings. The lowest BCUT2D eigenvalue weighted by Gasteiger charge is -2.34. The van der Waals surface area contributed by atoms with Gasteiger partial charge in [0.05, 0.1) is 5.60 Å². The van der Waals surface area contributed by atoms with E-state index in [0.717, 1.165) is 19.6 Å². The monoisotopic (exact) mass is 341 g/mol. The molecule has 146 valence electrons. The summed E-state index contributed by atoms with van der Waals surface area (Å²) >= 11 is 0. The van der Waals surface area contributed by atoms with Crippen LogP contribution in [-0.2, 0) is 4.74 Å². The van der Waals surface area contributed by atoms with Crippen molar-refractivity contribution in [3.8, 4) is 0 Å². The average molecular weight is 342 g/mol. The zero-order chi connectivity index (χ0) is 18.3. The van der Waals surface area contributed by atoms with Crippen molar-refractivity contribution < 1.29 is 4.74 Å². The zero-order valence-corrected chi connectivity index (χ0v) is 17.8. The summed E-state index contributed by atoms with van der Waals surface area (Å²) in [5.74, 6) is 0. The molecule has 0 saturated heterocycles. The highest BCUT2D eigenvalue weighted by atomic mass is 16.5. The summed E-state index contributed by atoms with van der Waals surface area (Å²) in [7, 11) is 0. The first-order valence-corrected chi connectivity index (χ1v) is 10.8. The van der Waals surface area contributed by atoms with Gasteiger partial charge in [0.25, 0.3) is 0 Å². The summed E-state index contributed by atoms with van der Waals surface area (Å²) in [6, 6.07) is 0. The van der Waals surface area contributed by atoms with E-state index < -0.39 is 0 Å². The van der Waals surface area contributed by atoms with Gasteiger partial charge in [-0.15, -0.1) is 0 Å². The van der Waals surface area contributed by atoms with Gasteiger partial charge in [0.1, 0.15) is 0 Å². The molecule has 0 radical (unpaired) electrons. The summed E-state index contributed by atoms with van der Waals surface area (Å²) in [6.07, 6.45) is 16.1. The molecule has 1 unspecified atom stereocenters. The van der Waals surface area contributed by atoms with Crippen molar-refractivity contribution in [1.29, 1.82) is 0 Å². The number of hydrogen-bond donors (Lipinski definition) is 1. The molecule has 0 saturated carbocycles. The van der Waals surface area contributed by atoms with Gasteiger partial charge in [-0.1, -0.05) is 71.6 Å². The zero-order valence-electron chi connectivity index (χ0n) is 17.8. The van der Waals surface area contributed by atoms with Crippen LogP contribution in [0.2, 0.25) is 0 Å². The van der Waals surface area contributed by atoms with E-state index in [1.54, 1.807) is 0 Å². The molecule has 1 N–H and O–H groups in total. The molecule has 0 rings (SSSR count). The third kappa shape index (κ3) is 13.2. The number of rotatable bonds is 17. The topological polar surface area (TPSA) is 21.3 Å². The standard InChI is InChI=1S/C22H47NO/c1-7-10-12-14-16-18-22(6,17-15-13-11-8-2)23-20-19-21(4,5)24-9-3/h23H,7-20H2,1-6H3. The molecule has 0 aromatic heterocycles. The molecule has 0 spiro atoms. The van der Waals surface area contributed by atoms with Gasteiger partial charge in [0.2, 0.25) is 0 Å². The maximum absolute atomic E-state index is 5.84. The first-order valence-electron chi connectivity index (χ1n) is 10.8. The largest absolute Gasteiger partial charge is 0.376 e. The summed E-state index contributed by atoms with van der Waals surface area (Å²) in [5, 5.41) is 3.90. The van der Waals surface area contributed by atoms with E-state index in [1.807, 2.05) is 0 Å². The van der Waals surface area contributed by atoms with Gasteiger partial charge in [-0.3, -0.25) is 0 Å². The molecule has 0 aromatic rings. The highest BCUT2D eigenvalue weighted by Crippen LogP contribution is 2.24. The Balaban J connectivity index is 4.28. The van der Waals surface area contributed by atoms with Gasteiger partial charge in [-0.05, 0) is 53.5 Å². The molecule has 2 heteroatoms. The van der Waals surface area contributed by atoms with Crippen molar-refractivity contribution in [3.05, 3.63) is 0 Å². The molecule has 2 nitrogen and oxygen atoms in total. The first kappa shape index (κ1) is 23.9. The van der Waals surface area contributed by atoms with E-state index in [9.17, 15) is 0 Å². The van der Waals surface area contributed by atoms with E-state index in [-0.39, 0.29) is 5.60 Å². The second-order valence-corrected chi connectivity index (χ2v) is 8.41. The van der Waals surface area contributed by atoms with Crippen LogP contribution in [0.5, 0.6) is 0 Å². The van der Waals surface area contributed by atoms with Gasteiger partial charge in [0.15, 0.2) is 0 Å². The van der Waals surface area contributed by atoms with Crippen molar-refractivity contribution in [2.75, 3.05) is 13.2 Å². The van der Waals surface area contributed by atoms with Gasteiger partial charge >= 0.3 is 0 Å².